The maximum atomic E-state index is 12.9. The lowest BCUT2D eigenvalue weighted by molar-refractivity contribution is 0.0697. The van der Waals surface area contributed by atoms with E-state index < -0.39 is 33.5 Å². The van der Waals surface area contributed by atoms with Gasteiger partial charge in [-0.3, -0.25) is 4.72 Å². The highest BCUT2D eigenvalue weighted by Gasteiger charge is 2.19. The van der Waals surface area contributed by atoms with Crippen LogP contribution < -0.4 is 4.72 Å². The number of carboxylic acid groups (broad SMARTS) is 1. The van der Waals surface area contributed by atoms with Crippen molar-refractivity contribution in [3.8, 4) is 0 Å². The molecule has 19 heavy (non-hydrogen) atoms. The molecule has 0 saturated carbocycles. The van der Waals surface area contributed by atoms with Gasteiger partial charge in [0.05, 0.1) is 23.1 Å². The molecule has 0 heterocycles. The van der Waals surface area contributed by atoms with Gasteiger partial charge in [0.15, 0.2) is 0 Å². The van der Waals surface area contributed by atoms with Crippen LogP contribution in [0.25, 0.3) is 0 Å². The van der Waals surface area contributed by atoms with Crippen LogP contribution in [0.15, 0.2) is 18.2 Å². The zero-order valence-electron chi connectivity index (χ0n) is 10.4. The van der Waals surface area contributed by atoms with Crippen LogP contribution in [0.5, 0.6) is 0 Å². The molecule has 0 spiro atoms. The van der Waals surface area contributed by atoms with Crippen molar-refractivity contribution in [2.75, 3.05) is 17.6 Å². The predicted molar refractivity (Wildman–Crippen MR) is 67.2 cm³/mol. The first kappa shape index (κ1) is 15.4. The second-order valence-electron chi connectivity index (χ2n) is 3.92. The summed E-state index contributed by atoms with van der Waals surface area (Å²) in [5.74, 6) is -2.51. The smallest absolute Gasteiger partial charge is 0.337 e. The normalized spacial score (nSPS) is 13.0. The van der Waals surface area contributed by atoms with Crippen molar-refractivity contribution in [1.29, 1.82) is 0 Å². The van der Waals surface area contributed by atoms with Crippen LogP contribution in [0, 0.1) is 5.82 Å². The van der Waals surface area contributed by atoms with E-state index in [1.165, 1.54) is 7.11 Å². The topological polar surface area (TPSA) is 92.7 Å². The molecule has 6 nitrogen and oxygen atoms in total. The highest BCUT2D eigenvalue weighted by atomic mass is 32.2. The van der Waals surface area contributed by atoms with Crippen molar-refractivity contribution in [2.45, 2.75) is 13.0 Å². The van der Waals surface area contributed by atoms with Gasteiger partial charge in [0.1, 0.15) is 5.82 Å². The molecule has 0 radical (unpaired) electrons. The van der Waals surface area contributed by atoms with Gasteiger partial charge in [-0.1, -0.05) is 0 Å². The summed E-state index contributed by atoms with van der Waals surface area (Å²) in [5.41, 5.74) is -0.633. The number of methoxy groups -OCH3 is 1. The lowest BCUT2D eigenvalue weighted by Crippen LogP contribution is -2.26. The molecule has 0 aliphatic carbocycles. The van der Waals surface area contributed by atoms with E-state index in [4.69, 9.17) is 9.84 Å². The first-order valence-corrected chi connectivity index (χ1v) is 6.96. The Kier molecular flexibility index (Phi) is 4.84. The fourth-order valence-electron chi connectivity index (χ4n) is 1.37. The Morgan fingerprint density at radius 3 is 2.68 bits per heavy atom. The molecule has 1 atom stereocenters. The fourth-order valence-corrected chi connectivity index (χ4v) is 2.72. The number of sulfonamides is 1. The molecule has 1 rings (SSSR count). The number of nitrogens with one attached hydrogen (secondary N) is 1. The van der Waals surface area contributed by atoms with Crippen LogP contribution in [0.3, 0.4) is 0 Å². The Morgan fingerprint density at radius 2 is 2.16 bits per heavy atom. The molecule has 0 bridgehead atoms. The lowest BCUT2D eigenvalue weighted by atomic mass is 10.2. The molecule has 0 fully saturated rings. The average molecular weight is 291 g/mol. The molecule has 2 N–H and O–H groups in total. The number of carbonyl (C=O) groups is 1. The summed E-state index contributed by atoms with van der Waals surface area (Å²) in [6, 6.07) is 2.79. The summed E-state index contributed by atoms with van der Waals surface area (Å²) in [6.45, 7) is 1.56. The lowest BCUT2D eigenvalue weighted by Gasteiger charge is -2.13. The van der Waals surface area contributed by atoms with Crippen LogP contribution in [-0.4, -0.2) is 38.5 Å². The summed E-state index contributed by atoms with van der Waals surface area (Å²) in [4.78, 5) is 10.9. The van der Waals surface area contributed by atoms with Gasteiger partial charge >= 0.3 is 5.97 Å². The highest BCUT2D eigenvalue weighted by Crippen LogP contribution is 2.19. The third-order valence-electron chi connectivity index (χ3n) is 2.33. The molecule has 1 aromatic rings. The van der Waals surface area contributed by atoms with Crippen LogP contribution in [-0.2, 0) is 14.8 Å². The van der Waals surface area contributed by atoms with Gasteiger partial charge in [-0.25, -0.2) is 17.6 Å². The maximum Gasteiger partial charge on any atom is 0.337 e. The molecule has 1 aromatic carbocycles. The van der Waals surface area contributed by atoms with Gasteiger partial charge in [-0.15, -0.1) is 0 Å². The number of ether oxygens (including phenoxy) is 1. The second-order valence-corrected chi connectivity index (χ2v) is 5.69. The Balaban J connectivity index is 3.02. The molecule has 0 aliphatic heterocycles. The maximum absolute atomic E-state index is 12.9. The highest BCUT2D eigenvalue weighted by molar-refractivity contribution is 7.92. The van der Waals surface area contributed by atoms with E-state index >= 15 is 0 Å². The van der Waals surface area contributed by atoms with Crippen LogP contribution in [0.2, 0.25) is 0 Å². The first-order valence-electron chi connectivity index (χ1n) is 5.31. The van der Waals surface area contributed by atoms with E-state index in [-0.39, 0.29) is 11.4 Å². The van der Waals surface area contributed by atoms with Crippen LogP contribution in [0.4, 0.5) is 10.1 Å². The van der Waals surface area contributed by atoms with Crippen LogP contribution >= 0.6 is 0 Å². The molecule has 0 aliphatic rings. The molecule has 0 aromatic heterocycles. The second kappa shape index (κ2) is 5.98. The third kappa shape index (κ3) is 4.49. The van der Waals surface area contributed by atoms with Gasteiger partial charge in [0.2, 0.25) is 10.0 Å². The molecular weight excluding hydrogens is 277 g/mol. The standard InChI is InChI=1S/C11H14FNO5S/c1-7(18-2)6-19(16,17)13-10-4-3-8(12)5-9(10)11(14)15/h3-5,7,13H,6H2,1-2H3,(H,14,15). The predicted octanol–water partition coefficient (Wildman–Crippen LogP) is 1.30. The Morgan fingerprint density at radius 1 is 1.53 bits per heavy atom. The number of aromatic carboxylic acids is 1. The number of benzene rings is 1. The molecule has 8 heteroatoms. The Bertz CT molecular complexity index is 572. The van der Waals surface area contributed by atoms with Crippen molar-refractivity contribution < 1.29 is 27.4 Å². The molecular formula is C11H14FNO5S. The molecule has 0 amide bonds. The summed E-state index contributed by atoms with van der Waals surface area (Å²) in [5, 5.41) is 8.89. The van der Waals surface area contributed by atoms with Gasteiger partial charge in [-0.05, 0) is 25.1 Å². The number of anilines is 1. The number of hydrogen-bond acceptors (Lipinski definition) is 4. The zero-order chi connectivity index (χ0) is 14.6. The quantitative estimate of drug-likeness (QED) is 0.824. The van der Waals surface area contributed by atoms with E-state index in [0.717, 1.165) is 18.2 Å². The molecule has 0 saturated heterocycles. The first-order chi connectivity index (χ1) is 8.75. The summed E-state index contributed by atoms with van der Waals surface area (Å²) < 4.78 is 43.4. The molecule has 1 unspecified atom stereocenters. The summed E-state index contributed by atoms with van der Waals surface area (Å²) in [7, 11) is -2.41. The van der Waals surface area contributed by atoms with E-state index in [1.54, 1.807) is 6.92 Å². The van der Waals surface area contributed by atoms with Gasteiger partial charge in [0.25, 0.3) is 0 Å². The van der Waals surface area contributed by atoms with Crippen molar-refractivity contribution in [1.82, 2.24) is 0 Å². The largest absolute Gasteiger partial charge is 0.478 e. The number of carboxylic acids is 1. The Labute approximate surface area is 110 Å². The van der Waals surface area contributed by atoms with Crippen LogP contribution in [0.1, 0.15) is 17.3 Å². The van der Waals surface area contributed by atoms with E-state index in [0.29, 0.717) is 0 Å². The van der Waals surface area contributed by atoms with Crippen molar-refractivity contribution in [3.63, 3.8) is 0 Å². The number of rotatable bonds is 6. The monoisotopic (exact) mass is 291 g/mol. The average Bonchev–Trinajstić information content (AvgIpc) is 2.30. The van der Waals surface area contributed by atoms with Crippen molar-refractivity contribution in [3.05, 3.63) is 29.6 Å². The zero-order valence-corrected chi connectivity index (χ0v) is 11.2. The minimum absolute atomic E-state index is 0.183. The SMILES string of the molecule is COC(C)CS(=O)(=O)Nc1ccc(F)cc1C(=O)O. The number of halogens is 1. The third-order valence-corrected chi connectivity index (χ3v) is 3.77. The van der Waals surface area contributed by atoms with Gasteiger partial charge < -0.3 is 9.84 Å². The molecule has 106 valence electrons. The number of hydrogen-bond donors (Lipinski definition) is 2. The van der Waals surface area contributed by atoms with E-state index in [2.05, 4.69) is 4.72 Å². The Hall–Kier alpha value is -1.67. The van der Waals surface area contributed by atoms with Crippen molar-refractivity contribution in [2.24, 2.45) is 0 Å². The summed E-state index contributed by atoms with van der Waals surface area (Å²) in [6.07, 6.45) is -0.550. The fraction of sp³-hybridized carbons (Fsp3) is 0.364. The van der Waals surface area contributed by atoms with E-state index in [1.807, 2.05) is 0 Å². The minimum Gasteiger partial charge on any atom is -0.478 e. The summed E-state index contributed by atoms with van der Waals surface area (Å²) >= 11 is 0. The van der Waals surface area contributed by atoms with Crippen molar-refractivity contribution >= 4 is 21.7 Å². The van der Waals surface area contributed by atoms with Gasteiger partial charge in [-0.2, -0.15) is 0 Å². The minimum atomic E-state index is -3.78. The van der Waals surface area contributed by atoms with Gasteiger partial charge in [0, 0.05) is 7.11 Å². The van der Waals surface area contributed by atoms with E-state index in [9.17, 15) is 17.6 Å².